The van der Waals surface area contributed by atoms with Crippen molar-refractivity contribution in [2.75, 3.05) is 0 Å². The molecular formula is C104H68N7OPS3. The van der Waals surface area contributed by atoms with Crippen LogP contribution in [0.3, 0.4) is 0 Å². The van der Waals surface area contributed by atoms with Crippen LogP contribution in [0.15, 0.2) is 413 Å². The molecule has 0 spiro atoms. The van der Waals surface area contributed by atoms with Gasteiger partial charge in [-0.1, -0.05) is 309 Å². The molecule has 548 valence electrons. The van der Waals surface area contributed by atoms with Crippen LogP contribution in [0.25, 0.3) is 179 Å². The first-order valence-corrected chi connectivity index (χ1v) is 43.0. The Morgan fingerprint density at radius 3 is 0.879 bits per heavy atom. The molecule has 24 rings (SSSR count). The Kier molecular flexibility index (Phi) is 16.9. The molecule has 0 saturated carbocycles. The summed E-state index contributed by atoms with van der Waals surface area (Å²) in [6.45, 7) is 0. The summed E-state index contributed by atoms with van der Waals surface area (Å²) in [7, 11) is -2.99. The molecular weight excluding hydrogens is 1490 g/mol. The molecule has 0 fully saturated rings. The lowest BCUT2D eigenvalue weighted by Gasteiger charge is -2.20. The molecule has 0 aliphatic heterocycles. The lowest BCUT2D eigenvalue weighted by Crippen LogP contribution is -2.24. The van der Waals surface area contributed by atoms with Gasteiger partial charge in [-0.2, -0.15) is 0 Å². The molecule has 16 aromatic carbocycles. The maximum absolute atomic E-state index is 14.7. The predicted octanol–water partition coefficient (Wildman–Crippen LogP) is 27.2. The SMILES string of the molecule is O=P(c1ccccc1)(c1ccccc1)c1ccc(-c2ccc(-c3c4ccccc4n4c3sc3ccccc34)cc2)cc1.c1ccc(-c2nc3ccccc3n2-c2ccc(-c3c4ccccc4n4c3sc3ccccc34)cc2)cc1.c1ccc(-n2c(-c3ccc(-c4c5ccccc5n5c4sc4ccccc45)cc3)nc3ccccc32)cc1. The van der Waals surface area contributed by atoms with E-state index in [1.54, 1.807) is 0 Å². The summed E-state index contributed by atoms with van der Waals surface area (Å²) in [4.78, 5) is 13.9. The van der Waals surface area contributed by atoms with Gasteiger partial charge in [0.15, 0.2) is 7.14 Å². The van der Waals surface area contributed by atoms with Crippen LogP contribution in [-0.2, 0) is 4.57 Å². The van der Waals surface area contributed by atoms with Crippen molar-refractivity contribution in [3.8, 4) is 78.7 Å². The van der Waals surface area contributed by atoms with E-state index in [0.29, 0.717) is 0 Å². The molecule has 0 aliphatic carbocycles. The zero-order valence-corrected chi connectivity index (χ0v) is 65.8. The maximum atomic E-state index is 14.7. The molecule has 0 atom stereocenters. The van der Waals surface area contributed by atoms with E-state index >= 15 is 0 Å². The number of para-hydroxylation sites is 11. The summed E-state index contributed by atoms with van der Waals surface area (Å²) in [5.74, 6) is 1.91. The monoisotopic (exact) mass is 1560 g/mol. The number of nitrogens with zero attached hydrogens (tertiary/aromatic N) is 7. The topological polar surface area (TPSA) is 65.9 Å². The lowest BCUT2D eigenvalue weighted by molar-refractivity contribution is 0.592. The van der Waals surface area contributed by atoms with Gasteiger partial charge in [0.25, 0.3) is 0 Å². The largest absolute Gasteiger partial charge is 0.309 e. The molecule has 0 saturated heterocycles. The number of hydrogen-bond acceptors (Lipinski definition) is 6. The van der Waals surface area contributed by atoms with Gasteiger partial charge in [0, 0.05) is 71.3 Å². The second-order valence-electron chi connectivity index (χ2n) is 29.1. The van der Waals surface area contributed by atoms with Crippen LogP contribution < -0.4 is 15.9 Å². The molecule has 12 heteroatoms. The summed E-state index contributed by atoms with van der Waals surface area (Å²) in [5, 5.41) is 6.37. The molecule has 0 N–H and O–H groups in total. The van der Waals surface area contributed by atoms with Gasteiger partial charge >= 0.3 is 0 Å². The summed E-state index contributed by atoms with van der Waals surface area (Å²) < 4.78 is 30.4. The zero-order valence-electron chi connectivity index (χ0n) is 62.5. The van der Waals surface area contributed by atoms with Crippen LogP contribution in [-0.4, -0.2) is 32.3 Å². The second kappa shape index (κ2) is 28.6. The first-order valence-electron chi connectivity index (χ1n) is 38.9. The Morgan fingerprint density at radius 2 is 0.483 bits per heavy atom. The molecule has 8 aromatic heterocycles. The third-order valence-corrected chi connectivity index (χ3v) is 28.9. The van der Waals surface area contributed by atoms with Crippen molar-refractivity contribution in [2.45, 2.75) is 0 Å². The fraction of sp³-hybridized carbons (Fsp3) is 0. The van der Waals surface area contributed by atoms with Gasteiger partial charge in [-0.15, -0.1) is 34.0 Å². The van der Waals surface area contributed by atoms with Crippen molar-refractivity contribution in [1.82, 2.24) is 32.3 Å². The Bertz CT molecular complexity index is 7840. The van der Waals surface area contributed by atoms with Crippen molar-refractivity contribution >= 4 is 157 Å². The van der Waals surface area contributed by atoms with Crippen LogP contribution in [0.2, 0.25) is 0 Å². The van der Waals surface area contributed by atoms with Gasteiger partial charge in [-0.25, -0.2) is 9.97 Å². The van der Waals surface area contributed by atoms with E-state index in [2.05, 4.69) is 338 Å². The van der Waals surface area contributed by atoms with E-state index < -0.39 is 7.14 Å². The average Bonchev–Trinajstić information content (AvgIpc) is 1.56. The van der Waals surface area contributed by atoms with E-state index in [9.17, 15) is 4.57 Å². The van der Waals surface area contributed by atoms with Crippen LogP contribution in [0.4, 0.5) is 0 Å². The van der Waals surface area contributed by atoms with Gasteiger partial charge < -0.3 is 4.57 Å². The third-order valence-electron chi connectivity index (χ3n) is 22.4. The smallest absolute Gasteiger partial charge is 0.171 e. The number of aromatic nitrogens is 7. The number of rotatable bonds is 11. The summed E-state index contributed by atoms with van der Waals surface area (Å²) in [6.07, 6.45) is 0. The number of hydrogen-bond donors (Lipinski definition) is 0. The Labute approximate surface area is 679 Å². The molecule has 0 bridgehead atoms. The summed E-state index contributed by atoms with van der Waals surface area (Å²) >= 11 is 5.56. The van der Waals surface area contributed by atoms with E-state index in [0.717, 1.165) is 83.3 Å². The maximum Gasteiger partial charge on any atom is 0.171 e. The molecule has 116 heavy (non-hydrogen) atoms. The average molecular weight is 1560 g/mol. The minimum atomic E-state index is -2.99. The van der Waals surface area contributed by atoms with E-state index in [1.165, 1.54) is 111 Å². The zero-order chi connectivity index (χ0) is 76.8. The van der Waals surface area contributed by atoms with E-state index in [1.807, 2.05) is 131 Å². The normalized spacial score (nSPS) is 11.8. The molecule has 8 heterocycles. The molecule has 0 unspecified atom stereocenters. The predicted molar refractivity (Wildman–Crippen MR) is 492 cm³/mol. The first kappa shape index (κ1) is 68.7. The molecule has 0 amide bonds. The number of thiazole rings is 3. The van der Waals surface area contributed by atoms with Crippen molar-refractivity contribution in [3.05, 3.63) is 413 Å². The van der Waals surface area contributed by atoms with Crippen molar-refractivity contribution < 1.29 is 4.57 Å². The minimum Gasteiger partial charge on any atom is -0.309 e. The van der Waals surface area contributed by atoms with Crippen molar-refractivity contribution in [3.63, 3.8) is 0 Å². The highest BCUT2D eigenvalue weighted by Gasteiger charge is 2.30. The molecule has 0 aliphatic rings. The highest BCUT2D eigenvalue weighted by molar-refractivity contribution is 7.85. The number of imidazole rings is 2. The van der Waals surface area contributed by atoms with Gasteiger partial charge in [0.2, 0.25) is 0 Å². The van der Waals surface area contributed by atoms with Crippen LogP contribution in [0.5, 0.6) is 0 Å². The Morgan fingerprint density at radius 1 is 0.216 bits per heavy atom. The van der Waals surface area contributed by atoms with E-state index in [-0.39, 0.29) is 0 Å². The van der Waals surface area contributed by atoms with Crippen molar-refractivity contribution in [1.29, 1.82) is 0 Å². The minimum absolute atomic E-state index is 0.840. The second-order valence-corrected chi connectivity index (χ2v) is 34.9. The number of fused-ring (bicyclic) bond motifs is 17. The van der Waals surface area contributed by atoms with E-state index in [4.69, 9.17) is 9.97 Å². The molecule has 0 radical (unpaired) electrons. The van der Waals surface area contributed by atoms with Gasteiger partial charge in [-0.05, 0) is 131 Å². The summed E-state index contributed by atoms with van der Waals surface area (Å²) in [6, 6.07) is 144. The highest BCUT2D eigenvalue weighted by atomic mass is 32.1. The third kappa shape index (κ3) is 11.5. The van der Waals surface area contributed by atoms with Gasteiger partial charge in [0.1, 0.15) is 26.1 Å². The standard InChI is InChI=1S/C38H26NOPS.2C33H21N3S/c40-41(30-11-3-1-4-12-30,31-13-5-2-6-14-31)32-25-23-28(24-26-32)27-19-21-29(22-20-27)37-33-15-7-8-16-34(33)39-35-17-9-10-18-36(35)42-38(37)39;1-2-10-24(11-3-1)35-28-15-7-5-13-26(28)34-32(35)23-20-18-22(19-21-23)31-25-12-4-6-14-27(25)36-29-16-8-9-17-30(29)37-33(31)36;1-2-10-23(11-3-1)32-34-26-13-5-7-15-28(26)35(32)24-20-18-22(19-21-24)31-25-12-4-6-14-27(25)36-29-16-8-9-17-30(29)37-33(31)36/h1-26H;2*1-21H. The fourth-order valence-electron chi connectivity index (χ4n) is 17.1. The number of benzene rings is 16. The Balaban J connectivity index is 0.000000106. The first-order chi connectivity index (χ1) is 57.4. The van der Waals surface area contributed by atoms with Gasteiger partial charge in [-0.3, -0.25) is 22.3 Å². The van der Waals surface area contributed by atoms with Crippen molar-refractivity contribution in [2.24, 2.45) is 0 Å². The fourth-order valence-corrected chi connectivity index (χ4v) is 23.5. The van der Waals surface area contributed by atoms with Gasteiger partial charge in [0.05, 0.1) is 69.3 Å². The molecule has 24 aromatic rings. The highest BCUT2D eigenvalue weighted by Crippen LogP contribution is 2.48. The van der Waals surface area contributed by atoms with Crippen LogP contribution in [0.1, 0.15) is 0 Å². The lowest BCUT2D eigenvalue weighted by atomic mass is 10.00. The Hall–Kier alpha value is -14.0. The summed E-state index contributed by atoms with van der Waals surface area (Å²) in [5.41, 5.74) is 25.9. The molecule has 8 nitrogen and oxygen atoms in total. The van der Waals surface area contributed by atoms with Crippen LogP contribution in [0, 0.1) is 0 Å². The van der Waals surface area contributed by atoms with Crippen LogP contribution >= 0.6 is 41.2 Å². The quantitative estimate of drug-likeness (QED) is 0.121.